The molecule has 31 heavy (non-hydrogen) atoms. The van der Waals surface area contributed by atoms with E-state index in [9.17, 15) is 22.6 Å². The van der Waals surface area contributed by atoms with Crippen LogP contribution in [0.2, 0.25) is 0 Å². The lowest BCUT2D eigenvalue weighted by atomic mass is 10.0. The van der Waals surface area contributed by atoms with Crippen LogP contribution in [-0.2, 0) is 15.3 Å². The van der Waals surface area contributed by atoms with E-state index >= 15 is 0 Å². The molecule has 3 rings (SSSR count). The lowest BCUT2D eigenvalue weighted by Gasteiger charge is -2.21. The predicted molar refractivity (Wildman–Crippen MR) is 113 cm³/mol. The van der Waals surface area contributed by atoms with Gasteiger partial charge in [-0.05, 0) is 44.4 Å². The van der Waals surface area contributed by atoms with Crippen molar-refractivity contribution >= 4 is 19.0 Å². The molecule has 2 aromatic rings. The number of rotatable bonds is 6. The standard InChI is InChI=1S/C21H27F3N3O3P/c1-14(2)30-31(28,29)20-25-13-18(15-9-11-16(12-10-15)21(22,23)24)19(27-20)26-17-7-5-3-4-6-8-17/h9-14,17H,3-8H2,1-2H3,(H,28,29)(H,25,26,27). The van der Waals surface area contributed by atoms with E-state index in [2.05, 4.69) is 15.3 Å². The summed E-state index contributed by atoms with van der Waals surface area (Å²) in [4.78, 5) is 18.6. The highest BCUT2D eigenvalue weighted by atomic mass is 31.2. The highest BCUT2D eigenvalue weighted by Crippen LogP contribution is 2.42. The van der Waals surface area contributed by atoms with Crippen molar-refractivity contribution in [2.24, 2.45) is 0 Å². The minimum absolute atomic E-state index is 0.113. The molecule has 1 atom stereocenters. The summed E-state index contributed by atoms with van der Waals surface area (Å²) in [5.74, 6) is 0.318. The Morgan fingerprint density at radius 1 is 1.13 bits per heavy atom. The van der Waals surface area contributed by atoms with Crippen LogP contribution in [0.1, 0.15) is 57.9 Å². The fraction of sp³-hybridized carbons (Fsp3) is 0.524. The van der Waals surface area contributed by atoms with Gasteiger partial charge in [-0.2, -0.15) is 13.2 Å². The van der Waals surface area contributed by atoms with Crippen molar-refractivity contribution in [3.8, 4) is 11.1 Å². The largest absolute Gasteiger partial charge is 0.416 e. The Labute approximate surface area is 179 Å². The number of benzene rings is 1. The van der Waals surface area contributed by atoms with Crippen LogP contribution in [0.5, 0.6) is 0 Å². The molecule has 170 valence electrons. The van der Waals surface area contributed by atoms with Gasteiger partial charge in [-0.1, -0.05) is 37.8 Å². The topological polar surface area (TPSA) is 84.3 Å². The van der Waals surface area contributed by atoms with Gasteiger partial charge in [0.25, 0.3) is 0 Å². The molecule has 0 spiro atoms. The smallest absolute Gasteiger partial charge is 0.367 e. The van der Waals surface area contributed by atoms with Gasteiger partial charge < -0.3 is 14.7 Å². The molecule has 0 aliphatic heterocycles. The Bertz CT molecular complexity index is 928. The second-order valence-electron chi connectivity index (χ2n) is 8.01. The van der Waals surface area contributed by atoms with Crippen LogP contribution in [0.3, 0.4) is 0 Å². The van der Waals surface area contributed by atoms with Crippen LogP contribution in [0.25, 0.3) is 11.1 Å². The Hall–Kier alpha value is -1.96. The highest BCUT2D eigenvalue weighted by molar-refractivity contribution is 7.60. The van der Waals surface area contributed by atoms with E-state index in [0.29, 0.717) is 16.9 Å². The summed E-state index contributed by atoms with van der Waals surface area (Å²) in [6, 6.07) is 4.81. The van der Waals surface area contributed by atoms with Crippen molar-refractivity contribution in [2.75, 3.05) is 5.32 Å². The summed E-state index contributed by atoms with van der Waals surface area (Å²) in [5, 5.41) is 3.34. The van der Waals surface area contributed by atoms with Crippen LogP contribution in [0.4, 0.5) is 19.0 Å². The molecule has 6 nitrogen and oxygen atoms in total. The number of nitrogens with zero attached hydrogens (tertiary/aromatic N) is 2. The van der Waals surface area contributed by atoms with E-state index in [1.165, 1.54) is 18.3 Å². The first-order valence-corrected chi connectivity index (χ1v) is 12.0. The van der Waals surface area contributed by atoms with Gasteiger partial charge in [0, 0.05) is 17.8 Å². The fourth-order valence-electron chi connectivity index (χ4n) is 3.62. The first kappa shape index (κ1) is 23.7. The van der Waals surface area contributed by atoms with Crippen LogP contribution >= 0.6 is 7.60 Å². The van der Waals surface area contributed by atoms with Crippen LogP contribution in [-0.4, -0.2) is 27.0 Å². The number of aromatic nitrogens is 2. The zero-order chi connectivity index (χ0) is 22.6. The van der Waals surface area contributed by atoms with E-state index in [1.54, 1.807) is 13.8 Å². The van der Waals surface area contributed by atoms with Gasteiger partial charge in [0.15, 0.2) is 0 Å². The van der Waals surface area contributed by atoms with Gasteiger partial charge >= 0.3 is 13.8 Å². The fourth-order valence-corrected chi connectivity index (χ4v) is 4.71. The van der Waals surface area contributed by atoms with Crippen LogP contribution < -0.4 is 10.9 Å². The predicted octanol–water partition coefficient (Wildman–Crippen LogP) is 5.53. The molecule has 1 aliphatic rings. The maximum absolute atomic E-state index is 12.9. The molecule has 0 saturated heterocycles. The number of anilines is 1. The first-order chi connectivity index (χ1) is 14.6. The van der Waals surface area contributed by atoms with Crippen molar-refractivity contribution < 1.29 is 27.2 Å². The molecule has 0 amide bonds. The average molecular weight is 457 g/mol. The Morgan fingerprint density at radius 2 is 1.74 bits per heavy atom. The van der Waals surface area contributed by atoms with Gasteiger partial charge in [0.2, 0.25) is 5.57 Å². The third-order valence-electron chi connectivity index (χ3n) is 5.10. The lowest BCUT2D eigenvalue weighted by molar-refractivity contribution is -0.137. The monoisotopic (exact) mass is 457 g/mol. The van der Waals surface area contributed by atoms with E-state index in [4.69, 9.17) is 4.52 Å². The molecule has 1 heterocycles. The van der Waals surface area contributed by atoms with Crippen molar-refractivity contribution in [2.45, 2.75) is 70.7 Å². The molecule has 1 unspecified atom stereocenters. The molecule has 0 bridgehead atoms. The maximum atomic E-state index is 12.9. The van der Waals surface area contributed by atoms with Crippen molar-refractivity contribution in [3.63, 3.8) is 0 Å². The van der Waals surface area contributed by atoms with Crippen molar-refractivity contribution in [1.82, 2.24) is 9.97 Å². The number of alkyl halides is 3. The SMILES string of the molecule is CC(C)OP(=O)(O)c1ncc(-c2ccc(C(F)(F)F)cc2)c(NC2CCCCCC2)n1. The Balaban J connectivity index is 1.99. The molecule has 1 aromatic heterocycles. The molecule has 1 saturated carbocycles. The average Bonchev–Trinajstić information content (AvgIpc) is 2.95. The van der Waals surface area contributed by atoms with Crippen LogP contribution in [0, 0.1) is 0 Å². The molecular weight excluding hydrogens is 430 g/mol. The van der Waals surface area contributed by atoms with Gasteiger partial charge in [-0.25, -0.2) is 9.97 Å². The van der Waals surface area contributed by atoms with E-state index in [1.807, 2.05) is 0 Å². The normalized spacial score (nSPS) is 17.9. The number of halogens is 3. The third kappa shape index (κ3) is 6.28. The van der Waals surface area contributed by atoms with Crippen LogP contribution in [0.15, 0.2) is 30.5 Å². The molecular formula is C21H27F3N3O3P. The number of nitrogens with one attached hydrogen (secondary N) is 1. The summed E-state index contributed by atoms with van der Waals surface area (Å²) < 4.78 is 56.5. The molecule has 10 heteroatoms. The lowest BCUT2D eigenvalue weighted by Crippen LogP contribution is -2.24. The van der Waals surface area contributed by atoms with Crippen molar-refractivity contribution in [1.29, 1.82) is 0 Å². The second-order valence-corrected chi connectivity index (χ2v) is 9.67. The Morgan fingerprint density at radius 3 is 2.29 bits per heavy atom. The molecule has 1 aliphatic carbocycles. The minimum atomic E-state index is -4.43. The summed E-state index contributed by atoms with van der Waals surface area (Å²) in [7, 11) is -4.24. The summed E-state index contributed by atoms with van der Waals surface area (Å²) in [5.41, 5.74) is -0.148. The maximum Gasteiger partial charge on any atom is 0.416 e. The van der Waals surface area contributed by atoms with Gasteiger partial charge in [0.1, 0.15) is 5.82 Å². The van der Waals surface area contributed by atoms with E-state index in [-0.39, 0.29) is 11.6 Å². The van der Waals surface area contributed by atoms with E-state index in [0.717, 1.165) is 50.7 Å². The number of hydrogen-bond donors (Lipinski definition) is 2. The highest BCUT2D eigenvalue weighted by Gasteiger charge is 2.31. The van der Waals surface area contributed by atoms with Gasteiger partial charge in [0.05, 0.1) is 11.7 Å². The quantitative estimate of drug-likeness (QED) is 0.438. The second kappa shape index (κ2) is 9.67. The van der Waals surface area contributed by atoms with E-state index < -0.39 is 25.4 Å². The molecule has 0 radical (unpaired) electrons. The van der Waals surface area contributed by atoms with Gasteiger partial charge in [-0.3, -0.25) is 4.57 Å². The first-order valence-electron chi connectivity index (χ1n) is 10.4. The number of hydrogen-bond acceptors (Lipinski definition) is 5. The summed E-state index contributed by atoms with van der Waals surface area (Å²) in [6.07, 6.45) is 2.66. The third-order valence-corrected chi connectivity index (χ3v) is 6.53. The molecule has 2 N–H and O–H groups in total. The summed E-state index contributed by atoms with van der Waals surface area (Å²) >= 11 is 0. The zero-order valence-electron chi connectivity index (χ0n) is 17.5. The van der Waals surface area contributed by atoms with Gasteiger partial charge in [-0.15, -0.1) is 0 Å². The zero-order valence-corrected chi connectivity index (χ0v) is 18.4. The Kier molecular flexibility index (Phi) is 7.39. The van der Waals surface area contributed by atoms with Crippen molar-refractivity contribution in [3.05, 3.63) is 36.0 Å². The molecule has 1 fully saturated rings. The minimum Gasteiger partial charge on any atom is -0.367 e. The summed E-state index contributed by atoms with van der Waals surface area (Å²) in [6.45, 7) is 3.26. The molecule has 1 aromatic carbocycles.